The lowest BCUT2D eigenvalue weighted by Crippen LogP contribution is -2.23. The molecule has 0 heteroatoms. The molecule has 2 saturated carbocycles. The van der Waals surface area contributed by atoms with Gasteiger partial charge in [0.2, 0.25) is 0 Å². The van der Waals surface area contributed by atoms with Crippen molar-refractivity contribution >= 4 is 0 Å². The van der Waals surface area contributed by atoms with E-state index in [1.165, 1.54) is 32.1 Å². The van der Waals surface area contributed by atoms with Crippen LogP contribution in [0.3, 0.4) is 0 Å². The highest BCUT2D eigenvalue weighted by atomic mass is 14.5. The van der Waals surface area contributed by atoms with E-state index in [2.05, 4.69) is 27.7 Å². The summed E-state index contributed by atoms with van der Waals surface area (Å²) < 4.78 is 0. The van der Waals surface area contributed by atoms with E-state index in [1.807, 2.05) is 0 Å². The zero-order valence-corrected chi connectivity index (χ0v) is 11.8. The van der Waals surface area contributed by atoms with Crippen LogP contribution in [0.25, 0.3) is 0 Å². The maximum Gasteiger partial charge on any atom is -0.0320 e. The summed E-state index contributed by atoms with van der Waals surface area (Å²) in [6.07, 6.45) is 10.5. The van der Waals surface area contributed by atoms with Crippen LogP contribution in [0.5, 0.6) is 0 Å². The van der Waals surface area contributed by atoms with Gasteiger partial charge in [0.1, 0.15) is 0 Å². The van der Waals surface area contributed by atoms with Crippen molar-refractivity contribution in [1.29, 1.82) is 0 Å². The molecule has 2 aliphatic rings. The fraction of sp³-hybridized carbons (Fsp3) is 1.00. The quantitative estimate of drug-likeness (QED) is 0.607. The molecular formula is C16H30. The molecule has 0 aromatic rings. The van der Waals surface area contributed by atoms with Crippen LogP contribution in [-0.4, -0.2) is 0 Å². The van der Waals surface area contributed by atoms with Crippen molar-refractivity contribution < 1.29 is 0 Å². The monoisotopic (exact) mass is 222 g/mol. The normalized spacial score (nSPS) is 42.0. The average molecular weight is 222 g/mol. The summed E-state index contributed by atoms with van der Waals surface area (Å²) in [6.45, 7) is 9.83. The summed E-state index contributed by atoms with van der Waals surface area (Å²) in [6, 6.07) is 0. The first-order valence-corrected chi connectivity index (χ1v) is 7.54. The van der Waals surface area contributed by atoms with Gasteiger partial charge in [-0.05, 0) is 54.8 Å². The van der Waals surface area contributed by atoms with E-state index in [4.69, 9.17) is 0 Å². The summed E-state index contributed by atoms with van der Waals surface area (Å²) in [5.74, 6) is 4.10. The molecule has 94 valence electrons. The highest BCUT2D eigenvalue weighted by Gasteiger charge is 2.44. The average Bonchev–Trinajstić information content (AvgIpc) is 2.94. The Kier molecular flexibility index (Phi) is 3.66. The zero-order chi connectivity index (χ0) is 11.8. The molecule has 0 nitrogen and oxygen atoms in total. The molecular weight excluding hydrogens is 192 g/mol. The third-order valence-electron chi connectivity index (χ3n) is 5.61. The summed E-state index contributed by atoms with van der Waals surface area (Å²) in [4.78, 5) is 0. The molecule has 16 heavy (non-hydrogen) atoms. The van der Waals surface area contributed by atoms with Gasteiger partial charge in [0.25, 0.3) is 0 Å². The molecule has 5 atom stereocenters. The number of rotatable bonds is 4. The molecule has 0 saturated heterocycles. The van der Waals surface area contributed by atoms with Gasteiger partial charge in [0.05, 0.1) is 0 Å². The minimum Gasteiger partial charge on any atom is -0.0651 e. The molecule has 2 rings (SSSR count). The van der Waals surface area contributed by atoms with Gasteiger partial charge in [-0.1, -0.05) is 47.0 Å². The Bertz CT molecular complexity index is 232. The van der Waals surface area contributed by atoms with Gasteiger partial charge in [0, 0.05) is 0 Å². The zero-order valence-electron chi connectivity index (χ0n) is 11.8. The van der Waals surface area contributed by atoms with Crippen LogP contribution in [0.2, 0.25) is 0 Å². The first-order valence-electron chi connectivity index (χ1n) is 7.54. The Morgan fingerprint density at radius 1 is 1.19 bits per heavy atom. The van der Waals surface area contributed by atoms with Crippen molar-refractivity contribution in [2.24, 2.45) is 29.1 Å². The molecule has 0 aromatic heterocycles. The molecule has 0 heterocycles. The van der Waals surface area contributed by atoms with Crippen molar-refractivity contribution in [3.05, 3.63) is 0 Å². The van der Waals surface area contributed by atoms with Crippen LogP contribution >= 0.6 is 0 Å². The third kappa shape index (κ3) is 2.81. The van der Waals surface area contributed by atoms with Gasteiger partial charge < -0.3 is 0 Å². The minimum atomic E-state index is 0.679. The molecule has 0 N–H and O–H groups in total. The Morgan fingerprint density at radius 3 is 2.62 bits per heavy atom. The molecule has 0 amide bonds. The van der Waals surface area contributed by atoms with Crippen molar-refractivity contribution in [3.8, 4) is 0 Å². The van der Waals surface area contributed by atoms with Gasteiger partial charge >= 0.3 is 0 Å². The number of hydrogen-bond acceptors (Lipinski definition) is 0. The lowest BCUT2D eigenvalue weighted by molar-refractivity contribution is 0.173. The Morgan fingerprint density at radius 2 is 1.94 bits per heavy atom. The summed E-state index contributed by atoms with van der Waals surface area (Å²) in [7, 11) is 0. The van der Waals surface area contributed by atoms with Crippen molar-refractivity contribution in [2.45, 2.75) is 72.6 Å². The Hall–Kier alpha value is 0. The summed E-state index contributed by atoms with van der Waals surface area (Å²) >= 11 is 0. The molecule has 0 radical (unpaired) electrons. The maximum atomic E-state index is 2.58. The van der Waals surface area contributed by atoms with E-state index < -0.39 is 0 Å². The van der Waals surface area contributed by atoms with Crippen LogP contribution in [0, 0.1) is 29.1 Å². The van der Waals surface area contributed by atoms with E-state index in [0.29, 0.717) is 5.41 Å². The second kappa shape index (κ2) is 4.70. The smallest absolute Gasteiger partial charge is 0.0320 e. The van der Waals surface area contributed by atoms with E-state index in [1.54, 1.807) is 12.8 Å². The van der Waals surface area contributed by atoms with Crippen LogP contribution in [0.15, 0.2) is 0 Å². The molecule has 0 aliphatic heterocycles. The third-order valence-corrected chi connectivity index (χ3v) is 5.61. The number of fused-ring (bicyclic) bond motifs is 1. The molecule has 0 bridgehead atoms. The highest BCUT2D eigenvalue weighted by Crippen LogP contribution is 2.55. The topological polar surface area (TPSA) is 0 Å². The Labute approximate surface area is 102 Å². The molecule has 0 spiro atoms. The van der Waals surface area contributed by atoms with Crippen LogP contribution < -0.4 is 0 Å². The van der Waals surface area contributed by atoms with E-state index in [0.717, 1.165) is 23.7 Å². The maximum absolute atomic E-state index is 2.58. The van der Waals surface area contributed by atoms with Crippen molar-refractivity contribution in [3.63, 3.8) is 0 Å². The molecule has 5 unspecified atom stereocenters. The first-order chi connectivity index (χ1) is 7.54. The van der Waals surface area contributed by atoms with Gasteiger partial charge in [-0.2, -0.15) is 0 Å². The predicted octanol–water partition coefficient (Wildman–Crippen LogP) is 5.28. The lowest BCUT2D eigenvalue weighted by atomic mass is 9.72. The Balaban J connectivity index is 1.90. The van der Waals surface area contributed by atoms with E-state index in [-0.39, 0.29) is 0 Å². The standard InChI is InChI=1S/C16H30/c1-5-12(2)13(3)10-16(4)8-6-7-14-9-15(14)11-16/h12-15H,5-11H2,1-4H3. The van der Waals surface area contributed by atoms with Gasteiger partial charge in [-0.25, -0.2) is 0 Å². The predicted molar refractivity (Wildman–Crippen MR) is 71.4 cm³/mol. The van der Waals surface area contributed by atoms with Gasteiger partial charge in [-0.15, -0.1) is 0 Å². The summed E-state index contributed by atoms with van der Waals surface area (Å²) in [5, 5.41) is 0. The SMILES string of the molecule is CCC(C)C(C)CC1(C)CCCC2CC2C1. The highest BCUT2D eigenvalue weighted by molar-refractivity contribution is 4.95. The van der Waals surface area contributed by atoms with Crippen LogP contribution in [0.4, 0.5) is 0 Å². The summed E-state index contributed by atoms with van der Waals surface area (Å²) in [5.41, 5.74) is 0.679. The number of hydrogen-bond donors (Lipinski definition) is 0. The molecule has 0 aromatic carbocycles. The lowest BCUT2D eigenvalue weighted by Gasteiger charge is -2.34. The minimum absolute atomic E-state index is 0.679. The first kappa shape index (κ1) is 12.5. The molecule has 2 fully saturated rings. The molecule has 2 aliphatic carbocycles. The second-order valence-corrected chi connectivity index (χ2v) is 7.23. The van der Waals surface area contributed by atoms with Crippen molar-refractivity contribution in [2.75, 3.05) is 0 Å². The van der Waals surface area contributed by atoms with Gasteiger partial charge in [-0.3, -0.25) is 0 Å². The van der Waals surface area contributed by atoms with Crippen LogP contribution in [0.1, 0.15) is 72.6 Å². The largest absolute Gasteiger partial charge is 0.0651 e. The van der Waals surface area contributed by atoms with Crippen LogP contribution in [-0.2, 0) is 0 Å². The fourth-order valence-corrected chi connectivity index (χ4v) is 4.01. The van der Waals surface area contributed by atoms with Crippen molar-refractivity contribution in [1.82, 2.24) is 0 Å². The van der Waals surface area contributed by atoms with E-state index >= 15 is 0 Å². The van der Waals surface area contributed by atoms with E-state index in [9.17, 15) is 0 Å². The van der Waals surface area contributed by atoms with Gasteiger partial charge in [0.15, 0.2) is 0 Å². The second-order valence-electron chi connectivity index (χ2n) is 7.23. The fourth-order valence-electron chi connectivity index (χ4n) is 4.01.